The fourth-order valence-corrected chi connectivity index (χ4v) is 4.56. The molecule has 0 bridgehead atoms. The van der Waals surface area contributed by atoms with Gasteiger partial charge in [0.25, 0.3) is 0 Å². The van der Waals surface area contributed by atoms with Gasteiger partial charge in [-0.25, -0.2) is 0 Å². The summed E-state index contributed by atoms with van der Waals surface area (Å²) in [4.78, 5) is 4.22. The van der Waals surface area contributed by atoms with Gasteiger partial charge in [0.2, 0.25) is 0 Å². The summed E-state index contributed by atoms with van der Waals surface area (Å²) in [6, 6.07) is 10.3. The van der Waals surface area contributed by atoms with Crippen LogP contribution in [-0.4, -0.2) is 42.4 Å². The van der Waals surface area contributed by atoms with E-state index in [4.69, 9.17) is 0 Å². The van der Waals surface area contributed by atoms with E-state index < -0.39 is 0 Å². The predicted octanol–water partition coefficient (Wildman–Crippen LogP) is 2.95. The van der Waals surface area contributed by atoms with Crippen LogP contribution >= 0.6 is 11.8 Å². The molecule has 0 saturated carbocycles. The van der Waals surface area contributed by atoms with Crippen LogP contribution in [0.4, 0.5) is 0 Å². The fraction of sp³-hybridized carbons (Fsp3) is 0.625. The van der Waals surface area contributed by atoms with E-state index in [1.165, 1.54) is 30.2 Å². The molecule has 2 aliphatic rings. The predicted molar refractivity (Wildman–Crippen MR) is 83.0 cm³/mol. The normalized spacial score (nSPS) is 31.4. The summed E-state index contributed by atoms with van der Waals surface area (Å²) in [5, 5.41) is 3.61. The number of rotatable bonds is 3. The maximum absolute atomic E-state index is 3.61. The number of hydrogen-bond donors (Lipinski definition) is 1. The maximum atomic E-state index is 3.61. The molecular weight excluding hydrogens is 252 g/mol. The van der Waals surface area contributed by atoms with Crippen molar-refractivity contribution in [2.45, 2.75) is 43.2 Å². The standard InChI is InChI=1S/C16H24N2S/c1-3-14-8-17-12(2)9-18(14)10-13-11-19-16-7-5-4-6-15(13)16/h4-7,12-14,17H,3,8-11H2,1-2H3. The van der Waals surface area contributed by atoms with Gasteiger partial charge in [-0.1, -0.05) is 25.1 Å². The molecule has 1 aromatic carbocycles. The topological polar surface area (TPSA) is 15.3 Å². The molecule has 1 saturated heterocycles. The Kier molecular flexibility index (Phi) is 4.15. The molecule has 19 heavy (non-hydrogen) atoms. The van der Waals surface area contributed by atoms with Gasteiger partial charge in [-0.2, -0.15) is 0 Å². The first-order valence-electron chi connectivity index (χ1n) is 7.47. The summed E-state index contributed by atoms with van der Waals surface area (Å²) in [5.74, 6) is 1.98. The van der Waals surface area contributed by atoms with Gasteiger partial charge < -0.3 is 5.32 Å². The minimum Gasteiger partial charge on any atom is -0.311 e. The van der Waals surface area contributed by atoms with E-state index in [-0.39, 0.29) is 0 Å². The molecule has 0 spiro atoms. The van der Waals surface area contributed by atoms with Gasteiger partial charge in [0.15, 0.2) is 0 Å². The highest BCUT2D eigenvalue weighted by atomic mass is 32.2. The summed E-state index contributed by atoms with van der Waals surface area (Å²) < 4.78 is 0. The van der Waals surface area contributed by atoms with Crippen molar-refractivity contribution in [2.24, 2.45) is 0 Å². The monoisotopic (exact) mass is 276 g/mol. The molecule has 1 fully saturated rings. The lowest BCUT2D eigenvalue weighted by molar-refractivity contribution is 0.126. The minimum atomic E-state index is 0.632. The summed E-state index contributed by atoms with van der Waals surface area (Å²) in [6.07, 6.45) is 1.25. The largest absolute Gasteiger partial charge is 0.311 e. The Balaban J connectivity index is 1.71. The van der Waals surface area contributed by atoms with Crippen molar-refractivity contribution < 1.29 is 0 Å². The van der Waals surface area contributed by atoms with Crippen LogP contribution in [0.2, 0.25) is 0 Å². The minimum absolute atomic E-state index is 0.632. The second-order valence-electron chi connectivity index (χ2n) is 5.87. The smallest absolute Gasteiger partial charge is 0.0219 e. The molecule has 3 atom stereocenters. The first kappa shape index (κ1) is 13.5. The molecule has 0 radical (unpaired) electrons. The zero-order chi connectivity index (χ0) is 13.2. The molecule has 3 rings (SSSR count). The quantitative estimate of drug-likeness (QED) is 0.914. The molecule has 2 aliphatic heterocycles. The average Bonchev–Trinajstić information content (AvgIpc) is 2.83. The molecule has 1 N–H and O–H groups in total. The van der Waals surface area contributed by atoms with Crippen molar-refractivity contribution >= 4 is 11.8 Å². The number of benzene rings is 1. The molecule has 0 aliphatic carbocycles. The Morgan fingerprint density at radius 3 is 3.05 bits per heavy atom. The van der Waals surface area contributed by atoms with E-state index in [1.807, 2.05) is 11.8 Å². The third kappa shape index (κ3) is 2.83. The van der Waals surface area contributed by atoms with Crippen molar-refractivity contribution in [3.8, 4) is 0 Å². The van der Waals surface area contributed by atoms with Crippen LogP contribution in [0.25, 0.3) is 0 Å². The Bertz CT molecular complexity index is 435. The third-order valence-electron chi connectivity index (χ3n) is 4.45. The Hall–Kier alpha value is -0.510. The first-order valence-corrected chi connectivity index (χ1v) is 8.45. The van der Waals surface area contributed by atoms with E-state index in [0.29, 0.717) is 12.1 Å². The summed E-state index contributed by atoms with van der Waals surface area (Å²) in [5.41, 5.74) is 1.58. The maximum Gasteiger partial charge on any atom is 0.0219 e. The van der Waals surface area contributed by atoms with Crippen molar-refractivity contribution in [1.29, 1.82) is 0 Å². The number of fused-ring (bicyclic) bond motifs is 1. The number of hydrogen-bond acceptors (Lipinski definition) is 3. The number of piperazine rings is 1. The number of thioether (sulfide) groups is 1. The molecule has 104 valence electrons. The lowest BCUT2D eigenvalue weighted by Gasteiger charge is -2.40. The molecule has 2 nitrogen and oxygen atoms in total. The van der Waals surface area contributed by atoms with Crippen LogP contribution in [0, 0.1) is 0 Å². The lowest BCUT2D eigenvalue weighted by Crippen LogP contribution is -2.56. The van der Waals surface area contributed by atoms with Crippen LogP contribution in [0.3, 0.4) is 0 Å². The van der Waals surface area contributed by atoms with Crippen molar-refractivity contribution in [3.63, 3.8) is 0 Å². The zero-order valence-electron chi connectivity index (χ0n) is 11.9. The Morgan fingerprint density at radius 2 is 2.21 bits per heavy atom. The second kappa shape index (κ2) is 5.86. The fourth-order valence-electron chi connectivity index (χ4n) is 3.32. The van der Waals surface area contributed by atoms with Gasteiger partial charge in [-0.15, -0.1) is 11.8 Å². The van der Waals surface area contributed by atoms with E-state index in [9.17, 15) is 0 Å². The summed E-state index contributed by atoms with van der Waals surface area (Å²) >= 11 is 2.03. The zero-order valence-corrected chi connectivity index (χ0v) is 12.7. The van der Waals surface area contributed by atoms with Crippen LogP contribution in [0.1, 0.15) is 31.7 Å². The third-order valence-corrected chi connectivity index (χ3v) is 5.70. The van der Waals surface area contributed by atoms with Crippen molar-refractivity contribution in [2.75, 3.05) is 25.4 Å². The van der Waals surface area contributed by atoms with Crippen LogP contribution in [-0.2, 0) is 0 Å². The number of nitrogens with zero attached hydrogens (tertiary/aromatic N) is 1. The van der Waals surface area contributed by atoms with Crippen LogP contribution in [0.15, 0.2) is 29.2 Å². The molecule has 3 unspecified atom stereocenters. The van der Waals surface area contributed by atoms with Gasteiger partial charge >= 0.3 is 0 Å². The van der Waals surface area contributed by atoms with E-state index in [2.05, 4.69) is 48.3 Å². The second-order valence-corrected chi connectivity index (χ2v) is 6.93. The molecular formula is C16H24N2S. The molecule has 2 heterocycles. The molecule has 0 aromatic heterocycles. The van der Waals surface area contributed by atoms with Crippen LogP contribution in [0.5, 0.6) is 0 Å². The summed E-state index contributed by atoms with van der Waals surface area (Å²) in [7, 11) is 0. The molecule has 3 heteroatoms. The first-order chi connectivity index (χ1) is 9.28. The highest BCUT2D eigenvalue weighted by molar-refractivity contribution is 7.99. The number of nitrogens with one attached hydrogen (secondary N) is 1. The van der Waals surface area contributed by atoms with Gasteiger partial charge in [-0.05, 0) is 25.0 Å². The van der Waals surface area contributed by atoms with Gasteiger partial charge in [0, 0.05) is 48.3 Å². The SMILES string of the molecule is CCC1CNC(C)CN1CC1CSc2ccccc21. The van der Waals surface area contributed by atoms with Crippen LogP contribution < -0.4 is 5.32 Å². The van der Waals surface area contributed by atoms with Gasteiger partial charge in [-0.3, -0.25) is 4.90 Å². The molecule has 0 amide bonds. The highest BCUT2D eigenvalue weighted by Gasteiger charge is 2.30. The lowest BCUT2D eigenvalue weighted by atomic mass is 9.98. The average molecular weight is 276 g/mol. The van der Waals surface area contributed by atoms with E-state index in [0.717, 1.165) is 12.5 Å². The Labute approximate surface area is 121 Å². The van der Waals surface area contributed by atoms with Crippen molar-refractivity contribution in [3.05, 3.63) is 29.8 Å². The Morgan fingerprint density at radius 1 is 1.37 bits per heavy atom. The van der Waals surface area contributed by atoms with E-state index in [1.54, 1.807) is 5.56 Å². The van der Waals surface area contributed by atoms with Gasteiger partial charge in [0.05, 0.1) is 0 Å². The van der Waals surface area contributed by atoms with Crippen molar-refractivity contribution in [1.82, 2.24) is 10.2 Å². The molecule has 1 aromatic rings. The van der Waals surface area contributed by atoms with E-state index >= 15 is 0 Å². The summed E-state index contributed by atoms with van der Waals surface area (Å²) in [6.45, 7) is 8.19. The highest BCUT2D eigenvalue weighted by Crippen LogP contribution is 2.40. The van der Waals surface area contributed by atoms with Gasteiger partial charge in [0.1, 0.15) is 0 Å².